The van der Waals surface area contributed by atoms with E-state index < -0.39 is 12.0 Å². The lowest BCUT2D eigenvalue weighted by Gasteiger charge is -2.30. The third-order valence-corrected chi connectivity index (χ3v) is 5.58. The molecule has 4 nitrogen and oxygen atoms in total. The first-order chi connectivity index (χ1) is 9.59. The molecule has 20 heavy (non-hydrogen) atoms. The van der Waals surface area contributed by atoms with Crippen molar-refractivity contribution in [3.05, 3.63) is 21.9 Å². The standard InChI is InChI=1S/C15H19NO3S/c1-9-5-7-16(13(9)15(18)19)14(17)11-3-2-4-12-10(11)6-8-20-12/h6,8-9,11,13H,2-5,7H2,1H3,(H,18,19). The zero-order chi connectivity index (χ0) is 14.3. The molecule has 1 aliphatic heterocycles. The van der Waals surface area contributed by atoms with Crippen LogP contribution in [0.3, 0.4) is 0 Å². The summed E-state index contributed by atoms with van der Waals surface area (Å²) in [6, 6.07) is 1.39. The van der Waals surface area contributed by atoms with Gasteiger partial charge in [0.15, 0.2) is 0 Å². The molecule has 0 bridgehead atoms. The van der Waals surface area contributed by atoms with Crippen LogP contribution in [0.2, 0.25) is 0 Å². The van der Waals surface area contributed by atoms with Crippen molar-refractivity contribution >= 4 is 23.2 Å². The van der Waals surface area contributed by atoms with Gasteiger partial charge in [0.1, 0.15) is 6.04 Å². The lowest BCUT2D eigenvalue weighted by atomic mass is 9.86. The predicted octanol–water partition coefficient (Wildman–Crippen LogP) is 2.49. The monoisotopic (exact) mass is 293 g/mol. The number of fused-ring (bicyclic) bond motifs is 1. The van der Waals surface area contributed by atoms with E-state index in [1.165, 1.54) is 4.88 Å². The molecule has 1 aromatic heterocycles. The van der Waals surface area contributed by atoms with Crippen molar-refractivity contribution in [3.8, 4) is 0 Å². The van der Waals surface area contributed by atoms with Gasteiger partial charge in [0.25, 0.3) is 0 Å². The number of aliphatic carboxylic acids is 1. The van der Waals surface area contributed by atoms with Crippen LogP contribution in [0.1, 0.15) is 42.5 Å². The third-order valence-electron chi connectivity index (χ3n) is 4.59. The number of nitrogens with zero attached hydrogens (tertiary/aromatic N) is 1. The predicted molar refractivity (Wildman–Crippen MR) is 76.9 cm³/mol. The molecule has 1 aliphatic carbocycles. The van der Waals surface area contributed by atoms with Gasteiger partial charge >= 0.3 is 5.97 Å². The van der Waals surface area contributed by atoms with Gasteiger partial charge in [-0.05, 0) is 48.6 Å². The molecule has 2 aliphatic rings. The molecule has 1 fully saturated rings. The van der Waals surface area contributed by atoms with Crippen molar-refractivity contribution < 1.29 is 14.7 Å². The van der Waals surface area contributed by atoms with E-state index in [0.717, 1.165) is 31.2 Å². The van der Waals surface area contributed by atoms with Crippen LogP contribution in [0.25, 0.3) is 0 Å². The van der Waals surface area contributed by atoms with Gasteiger partial charge in [0.05, 0.1) is 5.92 Å². The molecule has 0 radical (unpaired) electrons. The summed E-state index contributed by atoms with van der Waals surface area (Å²) in [5.74, 6) is -0.940. The van der Waals surface area contributed by atoms with Crippen LogP contribution in [-0.4, -0.2) is 34.5 Å². The number of aryl methyl sites for hydroxylation is 1. The number of thiophene rings is 1. The van der Waals surface area contributed by atoms with E-state index in [-0.39, 0.29) is 17.7 Å². The van der Waals surface area contributed by atoms with Crippen LogP contribution in [0.4, 0.5) is 0 Å². The summed E-state index contributed by atoms with van der Waals surface area (Å²) in [5, 5.41) is 11.4. The number of likely N-dealkylation sites (tertiary alicyclic amines) is 1. The Balaban J connectivity index is 1.85. The van der Waals surface area contributed by atoms with Gasteiger partial charge in [0, 0.05) is 11.4 Å². The van der Waals surface area contributed by atoms with Crippen LogP contribution >= 0.6 is 11.3 Å². The first-order valence-corrected chi connectivity index (χ1v) is 8.07. The highest BCUT2D eigenvalue weighted by molar-refractivity contribution is 7.10. The average Bonchev–Trinajstić information content (AvgIpc) is 3.03. The second-order valence-corrected chi connectivity index (χ2v) is 6.83. The first kappa shape index (κ1) is 13.6. The molecule has 2 heterocycles. The normalized spacial score (nSPS) is 29.2. The number of hydrogen-bond donors (Lipinski definition) is 1. The maximum absolute atomic E-state index is 12.8. The Morgan fingerprint density at radius 1 is 1.40 bits per heavy atom. The minimum atomic E-state index is -0.871. The molecule has 3 atom stereocenters. The molecule has 0 spiro atoms. The van der Waals surface area contributed by atoms with E-state index in [9.17, 15) is 14.7 Å². The highest BCUT2D eigenvalue weighted by Crippen LogP contribution is 2.38. The lowest BCUT2D eigenvalue weighted by molar-refractivity contribution is -0.150. The largest absolute Gasteiger partial charge is 0.480 e. The molecule has 5 heteroatoms. The zero-order valence-electron chi connectivity index (χ0n) is 11.5. The fourth-order valence-electron chi connectivity index (χ4n) is 3.51. The Morgan fingerprint density at radius 3 is 2.95 bits per heavy atom. The van der Waals surface area contributed by atoms with Crippen LogP contribution in [0, 0.1) is 5.92 Å². The fraction of sp³-hybridized carbons (Fsp3) is 0.600. The minimum Gasteiger partial charge on any atom is -0.480 e. The number of amides is 1. The van der Waals surface area contributed by atoms with E-state index >= 15 is 0 Å². The number of carboxylic acid groups (broad SMARTS) is 1. The molecular formula is C15H19NO3S. The Morgan fingerprint density at radius 2 is 2.20 bits per heavy atom. The van der Waals surface area contributed by atoms with Crippen molar-refractivity contribution in [2.75, 3.05) is 6.54 Å². The second-order valence-electron chi connectivity index (χ2n) is 5.82. The number of carboxylic acids is 1. The zero-order valence-corrected chi connectivity index (χ0v) is 12.4. The van der Waals surface area contributed by atoms with Crippen molar-refractivity contribution in [2.24, 2.45) is 5.92 Å². The number of rotatable bonds is 2. The average molecular weight is 293 g/mol. The highest BCUT2D eigenvalue weighted by Gasteiger charge is 2.42. The quantitative estimate of drug-likeness (QED) is 0.911. The van der Waals surface area contributed by atoms with E-state index in [4.69, 9.17) is 0 Å². The van der Waals surface area contributed by atoms with E-state index in [1.54, 1.807) is 16.2 Å². The van der Waals surface area contributed by atoms with Gasteiger partial charge in [-0.2, -0.15) is 0 Å². The number of carbonyl (C=O) groups excluding carboxylic acids is 1. The lowest BCUT2D eigenvalue weighted by Crippen LogP contribution is -2.45. The second kappa shape index (κ2) is 5.20. The van der Waals surface area contributed by atoms with E-state index in [0.29, 0.717) is 6.54 Å². The summed E-state index contributed by atoms with van der Waals surface area (Å²) in [7, 11) is 0. The van der Waals surface area contributed by atoms with Crippen LogP contribution in [0.5, 0.6) is 0 Å². The van der Waals surface area contributed by atoms with E-state index in [1.807, 2.05) is 18.4 Å². The number of carbonyl (C=O) groups is 2. The van der Waals surface area contributed by atoms with Crippen molar-refractivity contribution in [3.63, 3.8) is 0 Å². The van der Waals surface area contributed by atoms with Gasteiger partial charge in [0.2, 0.25) is 5.91 Å². The molecule has 3 rings (SSSR count). The van der Waals surface area contributed by atoms with Gasteiger partial charge < -0.3 is 10.0 Å². The Kier molecular flexibility index (Phi) is 3.54. The molecule has 1 N–H and O–H groups in total. The van der Waals surface area contributed by atoms with Crippen LogP contribution < -0.4 is 0 Å². The topological polar surface area (TPSA) is 57.6 Å². The van der Waals surface area contributed by atoms with Crippen LogP contribution in [-0.2, 0) is 16.0 Å². The van der Waals surface area contributed by atoms with Crippen LogP contribution in [0.15, 0.2) is 11.4 Å². The van der Waals surface area contributed by atoms with Crippen molar-refractivity contribution in [2.45, 2.75) is 44.6 Å². The molecule has 1 amide bonds. The molecule has 1 saturated heterocycles. The summed E-state index contributed by atoms with van der Waals surface area (Å²) in [6.45, 7) is 2.50. The fourth-order valence-corrected chi connectivity index (χ4v) is 4.50. The maximum atomic E-state index is 12.8. The van der Waals surface area contributed by atoms with Gasteiger partial charge in [-0.25, -0.2) is 4.79 Å². The first-order valence-electron chi connectivity index (χ1n) is 7.19. The van der Waals surface area contributed by atoms with E-state index in [2.05, 4.69) is 0 Å². The maximum Gasteiger partial charge on any atom is 0.326 e. The summed E-state index contributed by atoms with van der Waals surface area (Å²) in [5.41, 5.74) is 1.13. The van der Waals surface area contributed by atoms with Gasteiger partial charge in [-0.3, -0.25) is 4.79 Å². The Labute approximate surface area is 122 Å². The molecular weight excluding hydrogens is 274 g/mol. The third kappa shape index (κ3) is 2.14. The molecule has 0 aromatic carbocycles. The smallest absolute Gasteiger partial charge is 0.326 e. The molecule has 3 unspecified atom stereocenters. The molecule has 108 valence electrons. The molecule has 0 saturated carbocycles. The summed E-state index contributed by atoms with van der Waals surface area (Å²) in [6.07, 6.45) is 3.70. The highest BCUT2D eigenvalue weighted by atomic mass is 32.1. The Bertz CT molecular complexity index is 539. The SMILES string of the molecule is CC1CCN(C(=O)C2CCCc3sccc32)C1C(=O)O. The summed E-state index contributed by atoms with van der Waals surface area (Å²) < 4.78 is 0. The number of hydrogen-bond acceptors (Lipinski definition) is 3. The van der Waals surface area contributed by atoms with Crippen molar-refractivity contribution in [1.82, 2.24) is 4.90 Å². The summed E-state index contributed by atoms with van der Waals surface area (Å²) in [4.78, 5) is 27.1. The summed E-state index contributed by atoms with van der Waals surface area (Å²) >= 11 is 1.71. The van der Waals surface area contributed by atoms with Crippen molar-refractivity contribution in [1.29, 1.82) is 0 Å². The van der Waals surface area contributed by atoms with Gasteiger partial charge in [-0.15, -0.1) is 11.3 Å². The Hall–Kier alpha value is -1.36. The van der Waals surface area contributed by atoms with Gasteiger partial charge in [-0.1, -0.05) is 6.92 Å². The minimum absolute atomic E-state index is 0.0149. The molecule has 1 aromatic rings.